The number of nitrogens with zero attached hydrogens (tertiary/aromatic N) is 1. The highest BCUT2D eigenvalue weighted by Crippen LogP contribution is 2.37. The number of ketones is 1. The molecule has 38 heavy (non-hydrogen) atoms. The number of ether oxygens (including phenoxy) is 1. The van der Waals surface area contributed by atoms with Gasteiger partial charge in [-0.3, -0.25) is 9.59 Å². The maximum Gasteiger partial charge on any atom is 0.251 e. The summed E-state index contributed by atoms with van der Waals surface area (Å²) in [7, 11) is 0. The summed E-state index contributed by atoms with van der Waals surface area (Å²) in [5.41, 5.74) is 3.89. The molecule has 204 valence electrons. The Kier molecular flexibility index (Phi) is 8.74. The number of hydrogen-bond acceptors (Lipinski definition) is 4. The molecule has 5 rings (SSSR count). The quantitative estimate of drug-likeness (QED) is 0.279. The van der Waals surface area contributed by atoms with Crippen molar-refractivity contribution in [1.29, 1.82) is 0 Å². The van der Waals surface area contributed by atoms with Crippen LogP contribution >= 0.6 is 11.6 Å². The Morgan fingerprint density at radius 1 is 1.08 bits per heavy atom. The third-order valence-electron chi connectivity index (χ3n) is 8.67. The third kappa shape index (κ3) is 6.79. The standard InChI is InChI=1S/C32H41ClN2O3/c1-21(38-20-24-6-7-24)16-34-32(37)29-15-12-27-18-35(19-30(27)22(29)2)17-23-4-3-5-25(9-8-23)31(36)26-10-13-28(33)14-11-26/h10-15,19,21,23-25,27H,3-9,16-18,20H2,1-2H3,(H,34,37)/t21-,23?,25?,27?/m0/s1. The van der Waals surface area contributed by atoms with Crippen LogP contribution in [0.15, 0.2) is 59.3 Å². The summed E-state index contributed by atoms with van der Waals surface area (Å²) in [6.07, 6.45) is 14.3. The second kappa shape index (κ2) is 12.2. The summed E-state index contributed by atoms with van der Waals surface area (Å²) in [4.78, 5) is 28.4. The van der Waals surface area contributed by atoms with Gasteiger partial charge >= 0.3 is 0 Å². The largest absolute Gasteiger partial charge is 0.376 e. The number of allylic oxidation sites excluding steroid dienone is 1. The van der Waals surface area contributed by atoms with E-state index < -0.39 is 0 Å². The number of Topliss-reactive ketones (excluding diaryl/α,β-unsaturated/α-hetero) is 1. The van der Waals surface area contributed by atoms with E-state index in [-0.39, 0.29) is 23.7 Å². The van der Waals surface area contributed by atoms with Gasteiger partial charge < -0.3 is 15.0 Å². The normalized spacial score (nSPS) is 26.0. The van der Waals surface area contributed by atoms with Crippen LogP contribution in [0.4, 0.5) is 0 Å². The predicted molar refractivity (Wildman–Crippen MR) is 152 cm³/mol. The number of benzene rings is 1. The maximum absolute atomic E-state index is 13.0. The lowest BCUT2D eigenvalue weighted by Gasteiger charge is -2.24. The Balaban J connectivity index is 1.13. The van der Waals surface area contributed by atoms with Crippen LogP contribution in [-0.4, -0.2) is 48.9 Å². The van der Waals surface area contributed by atoms with E-state index in [0.29, 0.717) is 23.4 Å². The maximum atomic E-state index is 13.0. The van der Waals surface area contributed by atoms with Gasteiger partial charge in [0.05, 0.1) is 6.10 Å². The topological polar surface area (TPSA) is 58.6 Å². The smallest absolute Gasteiger partial charge is 0.251 e. The van der Waals surface area contributed by atoms with Crippen molar-refractivity contribution in [2.45, 2.75) is 64.9 Å². The number of fused-ring (bicyclic) bond motifs is 1. The minimum absolute atomic E-state index is 0.0152. The molecule has 2 saturated carbocycles. The van der Waals surface area contributed by atoms with Crippen molar-refractivity contribution in [1.82, 2.24) is 10.2 Å². The van der Waals surface area contributed by atoms with Gasteiger partial charge in [0, 0.05) is 60.4 Å². The molecule has 1 N–H and O–H groups in total. The zero-order chi connectivity index (χ0) is 26.6. The van der Waals surface area contributed by atoms with Gasteiger partial charge in [0.2, 0.25) is 0 Å². The van der Waals surface area contributed by atoms with E-state index in [2.05, 4.69) is 29.4 Å². The van der Waals surface area contributed by atoms with Gasteiger partial charge in [-0.2, -0.15) is 0 Å². The van der Waals surface area contributed by atoms with Crippen molar-refractivity contribution < 1.29 is 14.3 Å². The van der Waals surface area contributed by atoms with Crippen molar-refractivity contribution in [3.8, 4) is 0 Å². The minimum Gasteiger partial charge on any atom is -0.376 e. The minimum atomic E-state index is -0.0152. The lowest BCUT2D eigenvalue weighted by molar-refractivity contribution is -0.117. The first-order valence-corrected chi connectivity index (χ1v) is 14.8. The fourth-order valence-electron chi connectivity index (χ4n) is 6.08. The molecule has 3 unspecified atom stereocenters. The third-order valence-corrected chi connectivity index (χ3v) is 8.93. The van der Waals surface area contributed by atoms with Gasteiger partial charge in [-0.25, -0.2) is 0 Å². The van der Waals surface area contributed by atoms with E-state index in [0.717, 1.165) is 74.4 Å². The highest BCUT2D eigenvalue weighted by Gasteiger charge is 2.31. The van der Waals surface area contributed by atoms with Crippen LogP contribution in [-0.2, 0) is 9.53 Å². The molecule has 0 saturated heterocycles. The first kappa shape index (κ1) is 27.2. The zero-order valence-corrected chi connectivity index (χ0v) is 23.5. The van der Waals surface area contributed by atoms with Crippen LogP contribution in [0.5, 0.6) is 0 Å². The fraction of sp³-hybridized carbons (Fsp3) is 0.562. The molecule has 5 nitrogen and oxygen atoms in total. The van der Waals surface area contributed by atoms with E-state index in [9.17, 15) is 9.59 Å². The molecule has 4 aliphatic rings. The van der Waals surface area contributed by atoms with Crippen LogP contribution in [0, 0.1) is 23.7 Å². The van der Waals surface area contributed by atoms with E-state index >= 15 is 0 Å². The van der Waals surface area contributed by atoms with E-state index in [1.165, 1.54) is 18.4 Å². The van der Waals surface area contributed by atoms with Gasteiger partial charge in [-0.05, 0) is 99.6 Å². The Bertz CT molecular complexity index is 1120. The number of amides is 1. The van der Waals surface area contributed by atoms with Crippen LogP contribution in [0.1, 0.15) is 69.2 Å². The average molecular weight is 537 g/mol. The summed E-state index contributed by atoms with van der Waals surface area (Å²) in [5, 5.41) is 3.74. The summed E-state index contributed by atoms with van der Waals surface area (Å²) >= 11 is 6.00. The molecule has 0 bridgehead atoms. The van der Waals surface area contributed by atoms with Gasteiger partial charge in [0.25, 0.3) is 5.91 Å². The monoisotopic (exact) mass is 536 g/mol. The number of carbonyl (C=O) groups excluding carboxylic acids is 2. The second-order valence-corrected chi connectivity index (χ2v) is 12.2. The zero-order valence-electron chi connectivity index (χ0n) is 22.8. The molecule has 3 aliphatic carbocycles. The summed E-state index contributed by atoms with van der Waals surface area (Å²) in [6, 6.07) is 7.32. The number of hydrogen-bond donors (Lipinski definition) is 1. The molecule has 1 aromatic carbocycles. The number of halogens is 1. The van der Waals surface area contributed by atoms with Crippen LogP contribution in [0.3, 0.4) is 0 Å². The highest BCUT2D eigenvalue weighted by atomic mass is 35.5. The lowest BCUT2D eigenvalue weighted by Crippen LogP contribution is -2.34. The van der Waals surface area contributed by atoms with Crippen molar-refractivity contribution >= 4 is 23.3 Å². The fourth-order valence-corrected chi connectivity index (χ4v) is 6.21. The molecule has 0 radical (unpaired) electrons. The molecule has 1 amide bonds. The average Bonchev–Trinajstić information content (AvgIpc) is 3.69. The SMILES string of the molecule is CC1=C(C(=O)NC[C@H](C)OCC2CC2)C=CC2CN(CC3CCCC(C(=O)c4ccc(Cl)cc4)CC3)C=C12. The molecule has 2 fully saturated rings. The Morgan fingerprint density at radius 3 is 2.61 bits per heavy atom. The molecule has 0 aromatic heterocycles. The molecule has 1 aromatic rings. The van der Waals surface area contributed by atoms with Crippen molar-refractivity contribution in [2.24, 2.45) is 23.7 Å². The molecule has 0 spiro atoms. The number of rotatable bonds is 10. The first-order valence-electron chi connectivity index (χ1n) is 14.4. The molecule has 1 heterocycles. The van der Waals surface area contributed by atoms with Crippen molar-refractivity contribution in [3.05, 3.63) is 69.9 Å². The molecular formula is C32H41ClN2O3. The second-order valence-electron chi connectivity index (χ2n) is 11.8. The highest BCUT2D eigenvalue weighted by molar-refractivity contribution is 6.30. The first-order chi connectivity index (χ1) is 18.4. The van der Waals surface area contributed by atoms with Crippen molar-refractivity contribution in [3.63, 3.8) is 0 Å². The van der Waals surface area contributed by atoms with Gasteiger partial charge in [0.1, 0.15) is 0 Å². The van der Waals surface area contributed by atoms with E-state index in [4.69, 9.17) is 16.3 Å². The molecule has 6 heteroatoms. The van der Waals surface area contributed by atoms with Crippen LogP contribution < -0.4 is 5.32 Å². The van der Waals surface area contributed by atoms with E-state index in [1.807, 2.05) is 25.1 Å². The van der Waals surface area contributed by atoms with Crippen LogP contribution in [0.25, 0.3) is 0 Å². The summed E-state index contributed by atoms with van der Waals surface area (Å²) in [6.45, 7) is 7.43. The van der Waals surface area contributed by atoms with Crippen molar-refractivity contribution in [2.75, 3.05) is 26.2 Å². The van der Waals surface area contributed by atoms with Crippen LogP contribution in [0.2, 0.25) is 5.02 Å². The van der Waals surface area contributed by atoms with Gasteiger partial charge in [0.15, 0.2) is 5.78 Å². The number of nitrogens with one attached hydrogen (secondary N) is 1. The van der Waals surface area contributed by atoms with E-state index in [1.54, 1.807) is 12.1 Å². The molecular weight excluding hydrogens is 496 g/mol. The summed E-state index contributed by atoms with van der Waals surface area (Å²) in [5.74, 6) is 2.01. The summed E-state index contributed by atoms with van der Waals surface area (Å²) < 4.78 is 5.85. The van der Waals surface area contributed by atoms with Gasteiger partial charge in [-0.1, -0.05) is 30.2 Å². The predicted octanol–water partition coefficient (Wildman–Crippen LogP) is 6.35. The Morgan fingerprint density at radius 2 is 1.84 bits per heavy atom. The Hall–Kier alpha value is -2.37. The molecule has 1 aliphatic heterocycles. The Labute approximate surface area is 232 Å². The molecule has 4 atom stereocenters. The lowest BCUT2D eigenvalue weighted by atomic mass is 9.87. The van der Waals surface area contributed by atoms with Gasteiger partial charge in [-0.15, -0.1) is 0 Å². The number of carbonyl (C=O) groups is 2.